The molecule has 5 nitrogen and oxygen atoms in total. The monoisotopic (exact) mass is 442 g/mol. The maximum atomic E-state index is 5.95. The smallest absolute Gasteiger partial charge is 0.135 e. The van der Waals surface area contributed by atoms with E-state index in [2.05, 4.69) is 50.1 Å². The third kappa shape index (κ3) is 7.27. The molecule has 0 unspecified atom stereocenters. The van der Waals surface area contributed by atoms with Gasteiger partial charge in [-0.05, 0) is 77.4 Å². The van der Waals surface area contributed by atoms with Crippen LogP contribution in [0.1, 0.15) is 12.8 Å². The molecule has 0 aliphatic heterocycles. The largest absolute Gasteiger partial charge is 0.494 e. The van der Waals surface area contributed by atoms with Crippen LogP contribution in [0.15, 0.2) is 40.8 Å². The van der Waals surface area contributed by atoms with E-state index in [4.69, 9.17) is 13.9 Å². The van der Waals surface area contributed by atoms with E-state index in [0.717, 1.165) is 59.4 Å². The van der Waals surface area contributed by atoms with Crippen molar-refractivity contribution in [3.05, 3.63) is 36.4 Å². The minimum absolute atomic E-state index is 0. The van der Waals surface area contributed by atoms with Gasteiger partial charge in [0.25, 0.3) is 0 Å². The van der Waals surface area contributed by atoms with E-state index in [9.17, 15) is 0 Å². The molecule has 0 aliphatic carbocycles. The Labute approximate surface area is 185 Å². The summed E-state index contributed by atoms with van der Waals surface area (Å²) in [7, 11) is 8.29. The number of ether oxygens (including phenoxy) is 2. The van der Waals surface area contributed by atoms with Crippen LogP contribution in [0.25, 0.3) is 21.9 Å². The van der Waals surface area contributed by atoms with Crippen LogP contribution in [0.4, 0.5) is 0 Å². The van der Waals surface area contributed by atoms with Crippen LogP contribution in [0, 0.1) is 0 Å². The molecular weight excluding hydrogens is 411 g/mol. The molecule has 0 amide bonds. The first-order valence-corrected chi connectivity index (χ1v) is 9.54. The Morgan fingerprint density at radius 3 is 1.48 bits per heavy atom. The molecule has 0 bridgehead atoms. The van der Waals surface area contributed by atoms with E-state index >= 15 is 0 Å². The van der Waals surface area contributed by atoms with Crippen LogP contribution < -0.4 is 9.47 Å². The molecular formula is C22H32Cl2N2O3. The molecule has 0 fully saturated rings. The molecule has 0 N–H and O–H groups in total. The zero-order valence-corrected chi connectivity index (χ0v) is 19.3. The van der Waals surface area contributed by atoms with Crippen molar-refractivity contribution in [2.24, 2.45) is 0 Å². The van der Waals surface area contributed by atoms with Gasteiger partial charge in [-0.25, -0.2) is 0 Å². The van der Waals surface area contributed by atoms with Gasteiger partial charge >= 0.3 is 0 Å². The lowest BCUT2D eigenvalue weighted by molar-refractivity contribution is 0.281. The summed E-state index contributed by atoms with van der Waals surface area (Å²) in [4.78, 5) is 4.33. The highest BCUT2D eigenvalue weighted by Gasteiger charge is 2.10. The zero-order chi connectivity index (χ0) is 19.2. The van der Waals surface area contributed by atoms with Crippen LogP contribution in [-0.4, -0.2) is 64.3 Å². The normalized spacial score (nSPS) is 11.0. The Hall–Kier alpha value is -1.66. The van der Waals surface area contributed by atoms with Crippen LogP contribution in [0.2, 0.25) is 0 Å². The Morgan fingerprint density at radius 1 is 0.690 bits per heavy atom. The van der Waals surface area contributed by atoms with E-state index < -0.39 is 0 Å². The molecule has 1 aromatic heterocycles. The average molecular weight is 443 g/mol. The van der Waals surface area contributed by atoms with Gasteiger partial charge < -0.3 is 23.7 Å². The third-order valence-corrected chi connectivity index (χ3v) is 4.45. The molecule has 0 spiro atoms. The van der Waals surface area contributed by atoms with E-state index in [1.807, 2.05) is 24.3 Å². The second-order valence-corrected chi connectivity index (χ2v) is 7.43. The SMILES string of the molecule is CN(C)CCCOc1ccc2oc3ccc(OCCCN(C)C)cc3c2c1.Cl.Cl. The van der Waals surface area contributed by atoms with E-state index in [-0.39, 0.29) is 24.8 Å². The Kier molecular flexibility index (Phi) is 10.6. The minimum atomic E-state index is 0. The summed E-state index contributed by atoms with van der Waals surface area (Å²) in [6.45, 7) is 3.45. The molecule has 162 valence electrons. The molecule has 0 saturated heterocycles. The quantitative estimate of drug-likeness (QED) is 0.408. The number of hydrogen-bond acceptors (Lipinski definition) is 5. The van der Waals surface area contributed by atoms with Crippen molar-refractivity contribution in [3.63, 3.8) is 0 Å². The number of fused-ring (bicyclic) bond motifs is 3. The summed E-state index contributed by atoms with van der Waals surface area (Å²) in [6, 6.07) is 12.0. The first-order chi connectivity index (χ1) is 13.0. The molecule has 0 atom stereocenters. The molecule has 3 rings (SSSR count). The predicted molar refractivity (Wildman–Crippen MR) is 126 cm³/mol. The Morgan fingerprint density at radius 2 is 1.10 bits per heavy atom. The standard InChI is InChI=1S/C22H30N2O3.2ClH/c1-23(2)11-5-13-25-17-7-9-21-19(15-17)20-16-18(8-10-22(20)27-21)26-14-6-12-24(3)4;;/h7-10,15-16H,5-6,11-14H2,1-4H3;2*1H. The fraction of sp³-hybridized carbons (Fsp3) is 0.455. The van der Waals surface area contributed by atoms with Crippen molar-refractivity contribution < 1.29 is 13.9 Å². The minimum Gasteiger partial charge on any atom is -0.494 e. The number of rotatable bonds is 10. The maximum absolute atomic E-state index is 5.95. The van der Waals surface area contributed by atoms with Gasteiger partial charge in [-0.1, -0.05) is 0 Å². The third-order valence-electron chi connectivity index (χ3n) is 4.45. The van der Waals surface area contributed by atoms with Crippen molar-refractivity contribution in [1.82, 2.24) is 9.80 Å². The van der Waals surface area contributed by atoms with Gasteiger partial charge in [0.15, 0.2) is 0 Å². The Balaban J connectivity index is 0.00000210. The van der Waals surface area contributed by atoms with Crippen molar-refractivity contribution >= 4 is 46.8 Å². The second kappa shape index (κ2) is 12.1. The summed E-state index contributed by atoms with van der Waals surface area (Å²) in [5.41, 5.74) is 1.74. The molecule has 7 heteroatoms. The van der Waals surface area contributed by atoms with Gasteiger partial charge in [0, 0.05) is 23.9 Å². The highest BCUT2D eigenvalue weighted by Crippen LogP contribution is 2.33. The van der Waals surface area contributed by atoms with E-state index in [1.54, 1.807) is 0 Å². The van der Waals surface area contributed by atoms with Crippen LogP contribution in [-0.2, 0) is 0 Å². The first kappa shape index (κ1) is 25.4. The lowest BCUT2D eigenvalue weighted by Crippen LogP contribution is -2.15. The summed E-state index contributed by atoms with van der Waals surface area (Å²) >= 11 is 0. The van der Waals surface area contributed by atoms with Gasteiger partial charge in [-0.3, -0.25) is 0 Å². The van der Waals surface area contributed by atoms with Gasteiger partial charge in [-0.15, -0.1) is 24.8 Å². The van der Waals surface area contributed by atoms with Crippen LogP contribution in [0.5, 0.6) is 11.5 Å². The van der Waals surface area contributed by atoms with Crippen LogP contribution >= 0.6 is 24.8 Å². The first-order valence-electron chi connectivity index (χ1n) is 9.54. The average Bonchev–Trinajstić information content (AvgIpc) is 2.99. The molecule has 3 aromatic rings. The van der Waals surface area contributed by atoms with Crippen molar-refractivity contribution in [1.29, 1.82) is 0 Å². The maximum Gasteiger partial charge on any atom is 0.135 e. The van der Waals surface area contributed by atoms with Gasteiger partial charge in [0.1, 0.15) is 22.7 Å². The van der Waals surface area contributed by atoms with Crippen molar-refractivity contribution in [3.8, 4) is 11.5 Å². The molecule has 0 radical (unpaired) electrons. The summed E-state index contributed by atoms with van der Waals surface area (Å²) in [5.74, 6) is 1.75. The number of benzene rings is 2. The van der Waals surface area contributed by atoms with Gasteiger partial charge in [-0.2, -0.15) is 0 Å². The van der Waals surface area contributed by atoms with Crippen molar-refractivity contribution in [2.45, 2.75) is 12.8 Å². The molecule has 0 aliphatic rings. The number of hydrogen-bond donors (Lipinski definition) is 0. The van der Waals surface area contributed by atoms with Crippen molar-refractivity contribution in [2.75, 3.05) is 54.5 Å². The molecule has 1 heterocycles. The lowest BCUT2D eigenvalue weighted by Gasteiger charge is -2.10. The fourth-order valence-electron chi connectivity index (χ4n) is 3.06. The topological polar surface area (TPSA) is 38.1 Å². The lowest BCUT2D eigenvalue weighted by atomic mass is 10.1. The molecule has 2 aromatic carbocycles. The Bertz CT molecular complexity index is 811. The zero-order valence-electron chi connectivity index (χ0n) is 17.6. The van der Waals surface area contributed by atoms with Crippen LogP contribution in [0.3, 0.4) is 0 Å². The number of halogens is 2. The molecule has 0 saturated carbocycles. The number of furan rings is 1. The van der Waals surface area contributed by atoms with E-state index in [1.165, 1.54) is 0 Å². The van der Waals surface area contributed by atoms with Gasteiger partial charge in [0.05, 0.1) is 13.2 Å². The summed E-state index contributed by atoms with van der Waals surface area (Å²) < 4.78 is 17.8. The van der Waals surface area contributed by atoms with Gasteiger partial charge in [0.2, 0.25) is 0 Å². The highest BCUT2D eigenvalue weighted by atomic mass is 35.5. The number of nitrogens with zero attached hydrogens (tertiary/aromatic N) is 2. The fourth-order valence-corrected chi connectivity index (χ4v) is 3.06. The predicted octanol–water partition coefficient (Wildman–Crippen LogP) is 5.09. The summed E-state index contributed by atoms with van der Waals surface area (Å²) in [5, 5.41) is 2.13. The second-order valence-electron chi connectivity index (χ2n) is 7.43. The van der Waals surface area contributed by atoms with E-state index in [0.29, 0.717) is 13.2 Å². The molecule has 29 heavy (non-hydrogen) atoms. The summed E-state index contributed by atoms with van der Waals surface area (Å²) in [6.07, 6.45) is 2.00. The highest BCUT2D eigenvalue weighted by molar-refractivity contribution is 6.05.